The fourth-order valence-corrected chi connectivity index (χ4v) is 8.94. The number of nitrogens with two attached hydrogens (primary N) is 1. The van der Waals surface area contributed by atoms with Gasteiger partial charge in [0, 0.05) is 50.1 Å². The molecule has 3 N–H and O–H groups in total. The van der Waals surface area contributed by atoms with Crippen LogP contribution in [0.1, 0.15) is 48.8 Å². The molecule has 2 unspecified atom stereocenters. The third-order valence-electron chi connectivity index (χ3n) is 9.93. The number of nitrogen functional groups attached to an aromatic ring is 1. The number of pyridine rings is 1. The van der Waals surface area contributed by atoms with Gasteiger partial charge in [0.15, 0.2) is 11.3 Å². The second kappa shape index (κ2) is 10.3. The molecule has 4 saturated heterocycles. The van der Waals surface area contributed by atoms with Crippen LogP contribution < -0.4 is 20.7 Å². The number of nitriles is 2. The molecule has 0 radical (unpaired) electrons. The number of nitrogens with one attached hydrogen (secondary N) is 1. The third kappa shape index (κ3) is 4.21. The highest BCUT2D eigenvalue weighted by Crippen LogP contribution is 2.42. The van der Waals surface area contributed by atoms with Gasteiger partial charge in [0.25, 0.3) is 0 Å². The molecule has 0 saturated carbocycles. The largest absolute Gasteiger partial charge is 0.474 e. The van der Waals surface area contributed by atoms with Gasteiger partial charge in [-0.2, -0.15) is 15.5 Å². The first-order valence-corrected chi connectivity index (χ1v) is 15.9. The molecule has 4 fully saturated rings. The molecule has 13 heteroatoms. The quantitative estimate of drug-likeness (QED) is 0.330. The highest BCUT2D eigenvalue weighted by molar-refractivity contribution is 7.23. The Hall–Kier alpha value is -4.04. The van der Waals surface area contributed by atoms with Crippen LogP contribution in [0, 0.1) is 28.5 Å². The number of benzene rings is 1. The van der Waals surface area contributed by atoms with Crippen LogP contribution in [-0.4, -0.2) is 76.0 Å². The van der Waals surface area contributed by atoms with Gasteiger partial charge in [0.1, 0.15) is 41.3 Å². The summed E-state index contributed by atoms with van der Waals surface area (Å²) in [6.45, 7) is 3.23. The Kier molecular flexibility index (Phi) is 6.42. The lowest BCUT2D eigenvalue weighted by Crippen LogP contribution is -2.51. The van der Waals surface area contributed by atoms with E-state index in [0.29, 0.717) is 75.6 Å². The average Bonchev–Trinajstić information content (AvgIpc) is 3.82. The minimum atomic E-state index is -0.879. The third-order valence-corrected chi connectivity index (χ3v) is 11.0. The Morgan fingerprint density at radius 2 is 1.95 bits per heavy atom. The second-order valence-corrected chi connectivity index (χ2v) is 13.6. The SMILES string of the molecule is N#Cc1c(N)sc2c(F)ccc(Cn3cnc4c(OC[C@@]56CCCN5C[C@H](F)C6)nc(N5CC6CCC(C5)N6)c(C#N)c43)c12. The zero-order valence-corrected chi connectivity index (χ0v) is 24.8. The van der Waals surface area contributed by atoms with Crippen molar-refractivity contribution >= 4 is 43.3 Å². The van der Waals surface area contributed by atoms with Crippen LogP contribution >= 0.6 is 11.3 Å². The summed E-state index contributed by atoms with van der Waals surface area (Å²) in [5, 5.41) is 24.8. The number of fused-ring (bicyclic) bond motifs is 5. The van der Waals surface area contributed by atoms with Crippen molar-refractivity contribution in [3.05, 3.63) is 41.0 Å². The fraction of sp³-hybridized carbons (Fsp3) is 0.484. The van der Waals surface area contributed by atoms with Crippen molar-refractivity contribution in [3.8, 4) is 18.0 Å². The summed E-state index contributed by atoms with van der Waals surface area (Å²) in [6.07, 6.45) is 5.19. The van der Waals surface area contributed by atoms with E-state index in [4.69, 9.17) is 15.5 Å². The maximum atomic E-state index is 14.8. The summed E-state index contributed by atoms with van der Waals surface area (Å²) < 4.78 is 38.0. The molecule has 226 valence electrons. The van der Waals surface area contributed by atoms with Crippen LogP contribution in [0.2, 0.25) is 0 Å². The van der Waals surface area contributed by atoms with Crippen molar-refractivity contribution in [3.63, 3.8) is 0 Å². The number of ether oxygens (including phenoxy) is 1. The van der Waals surface area contributed by atoms with E-state index in [-0.39, 0.29) is 22.6 Å². The molecule has 4 atom stereocenters. The molecular formula is C31H31F2N9OS. The van der Waals surface area contributed by atoms with Crippen molar-refractivity contribution in [2.75, 3.05) is 43.4 Å². The molecule has 4 aliphatic heterocycles. The van der Waals surface area contributed by atoms with Gasteiger partial charge in [-0.1, -0.05) is 6.07 Å². The minimum absolute atomic E-state index is 0.226. The summed E-state index contributed by atoms with van der Waals surface area (Å²) in [5.74, 6) is 0.435. The van der Waals surface area contributed by atoms with Crippen molar-refractivity contribution < 1.29 is 13.5 Å². The Labute approximate surface area is 256 Å². The first-order valence-electron chi connectivity index (χ1n) is 15.1. The monoisotopic (exact) mass is 615 g/mol. The van der Waals surface area contributed by atoms with Crippen molar-refractivity contribution in [2.45, 2.75) is 62.4 Å². The predicted octanol–water partition coefficient (Wildman–Crippen LogP) is 4.05. The highest BCUT2D eigenvalue weighted by Gasteiger charge is 2.49. The smallest absolute Gasteiger partial charge is 0.244 e. The van der Waals surface area contributed by atoms with Gasteiger partial charge in [-0.3, -0.25) is 4.90 Å². The summed E-state index contributed by atoms with van der Waals surface area (Å²) in [7, 11) is 0. The molecule has 2 bridgehead atoms. The molecule has 44 heavy (non-hydrogen) atoms. The molecule has 4 aliphatic rings. The van der Waals surface area contributed by atoms with Gasteiger partial charge in [-0.15, -0.1) is 11.3 Å². The summed E-state index contributed by atoms with van der Waals surface area (Å²) in [5.41, 5.74) is 8.06. The number of nitrogens with zero attached hydrogens (tertiary/aromatic N) is 7. The van der Waals surface area contributed by atoms with Crippen LogP contribution in [0.15, 0.2) is 18.5 Å². The van der Waals surface area contributed by atoms with Gasteiger partial charge < -0.3 is 25.3 Å². The van der Waals surface area contributed by atoms with Gasteiger partial charge in [-0.05, 0) is 43.9 Å². The number of imidazole rings is 1. The molecule has 0 aliphatic carbocycles. The molecule has 7 heterocycles. The van der Waals surface area contributed by atoms with Gasteiger partial charge >= 0.3 is 0 Å². The van der Waals surface area contributed by atoms with Crippen LogP contribution in [-0.2, 0) is 6.54 Å². The predicted molar refractivity (Wildman–Crippen MR) is 163 cm³/mol. The summed E-state index contributed by atoms with van der Waals surface area (Å²) in [4.78, 5) is 14.0. The Bertz CT molecular complexity index is 1880. The van der Waals surface area contributed by atoms with Crippen molar-refractivity contribution in [1.29, 1.82) is 10.5 Å². The first-order chi connectivity index (χ1) is 21.4. The topological polar surface area (TPSA) is 132 Å². The van der Waals surface area contributed by atoms with Crippen LogP contribution in [0.5, 0.6) is 5.88 Å². The zero-order chi connectivity index (χ0) is 30.2. The number of piperazine rings is 1. The number of alkyl halides is 1. The van der Waals surface area contributed by atoms with Gasteiger partial charge in [0.05, 0.1) is 27.6 Å². The van der Waals surface area contributed by atoms with Gasteiger partial charge in [-0.25, -0.2) is 13.8 Å². The average molecular weight is 616 g/mol. The van der Waals surface area contributed by atoms with Crippen molar-refractivity contribution in [2.24, 2.45) is 0 Å². The van der Waals surface area contributed by atoms with Crippen molar-refractivity contribution in [1.82, 2.24) is 24.8 Å². The lowest BCUT2D eigenvalue weighted by atomic mass is 9.95. The normalized spacial score (nSPS) is 26.4. The van der Waals surface area contributed by atoms with Gasteiger partial charge in [0.2, 0.25) is 5.88 Å². The standard InChI is InChI=1S/C31H31F2N9OS/c32-18-8-31(6-1-7-42(31)12-18)15-43-30-25-26(22(10-35)29(39-30)40-13-19-3-4-20(14-40)38-19)41(16-37-25)11-17-2-5-23(33)27-24(17)21(9-34)28(36)44-27/h2,5,16,18-20,38H,1,3-4,6-8,11-15,36H2/t18-,19?,20?,31+/m1/s1. The van der Waals surface area contributed by atoms with E-state index in [2.05, 4.69) is 32.2 Å². The molecule has 4 aromatic rings. The number of rotatable bonds is 6. The summed E-state index contributed by atoms with van der Waals surface area (Å²) >= 11 is 1.05. The minimum Gasteiger partial charge on any atom is -0.474 e. The Morgan fingerprint density at radius 1 is 1.16 bits per heavy atom. The highest BCUT2D eigenvalue weighted by atomic mass is 32.1. The molecular weight excluding hydrogens is 584 g/mol. The Balaban J connectivity index is 1.25. The van der Waals surface area contributed by atoms with E-state index in [9.17, 15) is 19.3 Å². The fourth-order valence-electron chi connectivity index (χ4n) is 7.97. The maximum absolute atomic E-state index is 14.8. The molecule has 10 nitrogen and oxygen atoms in total. The Morgan fingerprint density at radius 3 is 2.73 bits per heavy atom. The molecule has 0 amide bonds. The number of hydrogen-bond acceptors (Lipinski definition) is 10. The number of anilines is 2. The zero-order valence-electron chi connectivity index (χ0n) is 24.0. The lowest BCUT2D eigenvalue weighted by Gasteiger charge is -2.35. The van der Waals surface area contributed by atoms with E-state index in [0.717, 1.165) is 56.7 Å². The summed E-state index contributed by atoms with van der Waals surface area (Å²) in [6, 6.07) is 8.21. The lowest BCUT2D eigenvalue weighted by molar-refractivity contribution is 0.111. The molecule has 1 aromatic carbocycles. The van der Waals surface area contributed by atoms with E-state index < -0.39 is 12.0 Å². The number of aromatic nitrogens is 3. The van der Waals surface area contributed by atoms with E-state index >= 15 is 0 Å². The molecule has 0 spiro atoms. The van der Waals surface area contributed by atoms with E-state index in [1.54, 1.807) is 12.4 Å². The van der Waals surface area contributed by atoms with Crippen LogP contribution in [0.25, 0.3) is 21.1 Å². The molecule has 3 aromatic heterocycles. The number of hydrogen-bond donors (Lipinski definition) is 2. The van der Waals surface area contributed by atoms with Crippen LogP contribution in [0.3, 0.4) is 0 Å². The molecule has 8 rings (SSSR count). The number of thiophene rings is 1. The first kappa shape index (κ1) is 27.5. The second-order valence-electron chi connectivity index (χ2n) is 12.6. The number of halogens is 2. The van der Waals surface area contributed by atoms with E-state index in [1.165, 1.54) is 6.07 Å². The maximum Gasteiger partial charge on any atom is 0.244 e. The van der Waals surface area contributed by atoms with E-state index in [1.807, 2.05) is 4.57 Å². The van der Waals surface area contributed by atoms with Crippen LogP contribution in [0.4, 0.5) is 19.6 Å².